The summed E-state index contributed by atoms with van der Waals surface area (Å²) in [6, 6.07) is 5.59. The fraction of sp³-hybridized carbons (Fsp3) is 0.182. The molecule has 17 heavy (non-hydrogen) atoms. The molecule has 0 aliphatic heterocycles. The summed E-state index contributed by atoms with van der Waals surface area (Å²) in [7, 11) is 0. The molecule has 0 radical (unpaired) electrons. The third kappa shape index (κ3) is 4.22. The molecule has 0 aromatic heterocycles. The van der Waals surface area contributed by atoms with E-state index in [1.165, 1.54) is 24.3 Å². The van der Waals surface area contributed by atoms with Crippen LogP contribution in [0.5, 0.6) is 5.75 Å². The van der Waals surface area contributed by atoms with Gasteiger partial charge in [-0.3, -0.25) is 14.9 Å². The van der Waals surface area contributed by atoms with Crippen molar-refractivity contribution in [3.05, 3.63) is 34.4 Å². The number of nitrogens with one attached hydrogen (secondary N) is 1. The molecule has 88 valence electrons. The first-order valence-electron chi connectivity index (χ1n) is 4.71. The molecular weight excluding hydrogens is 224 g/mol. The minimum absolute atomic E-state index is 0.0912. The van der Waals surface area contributed by atoms with Gasteiger partial charge < -0.3 is 10.1 Å². The Balaban J connectivity index is 2.52. The molecule has 0 saturated carbocycles. The molecule has 0 saturated heterocycles. The first-order valence-corrected chi connectivity index (χ1v) is 4.71. The van der Waals surface area contributed by atoms with Crippen molar-refractivity contribution in [2.45, 2.75) is 0 Å². The molecule has 1 N–H and O–H groups in total. The Hall–Kier alpha value is -2.55. The Morgan fingerprint density at radius 1 is 1.59 bits per heavy atom. The molecule has 0 unspecified atom stereocenters. The van der Waals surface area contributed by atoms with E-state index in [2.05, 4.69) is 11.2 Å². The largest absolute Gasteiger partial charge is 0.484 e. The van der Waals surface area contributed by atoms with E-state index in [1.807, 2.05) is 0 Å². The topological polar surface area (TPSA) is 81.5 Å². The average molecular weight is 234 g/mol. The maximum absolute atomic E-state index is 11.1. The predicted octanol–water partition coefficient (Wildman–Crippen LogP) is 0.723. The van der Waals surface area contributed by atoms with Crippen LogP contribution in [-0.4, -0.2) is 24.0 Å². The quantitative estimate of drug-likeness (QED) is 0.462. The molecule has 0 heterocycles. The first-order chi connectivity index (χ1) is 8.13. The highest BCUT2D eigenvalue weighted by Gasteiger charge is 2.07. The van der Waals surface area contributed by atoms with E-state index in [-0.39, 0.29) is 30.5 Å². The molecule has 1 rings (SSSR count). The normalized spacial score (nSPS) is 9.12. The van der Waals surface area contributed by atoms with Crippen LogP contribution in [0.25, 0.3) is 0 Å². The monoisotopic (exact) mass is 234 g/mol. The Kier molecular flexibility index (Phi) is 4.51. The van der Waals surface area contributed by atoms with Gasteiger partial charge in [0.15, 0.2) is 6.61 Å². The Morgan fingerprint density at radius 2 is 2.35 bits per heavy atom. The van der Waals surface area contributed by atoms with E-state index >= 15 is 0 Å². The van der Waals surface area contributed by atoms with Crippen molar-refractivity contribution in [3.8, 4) is 18.1 Å². The predicted molar refractivity (Wildman–Crippen MR) is 60.4 cm³/mol. The lowest BCUT2D eigenvalue weighted by atomic mass is 10.3. The highest BCUT2D eigenvalue weighted by atomic mass is 16.6. The molecule has 0 bridgehead atoms. The first kappa shape index (κ1) is 12.5. The molecule has 0 spiro atoms. The van der Waals surface area contributed by atoms with Crippen molar-refractivity contribution < 1.29 is 14.5 Å². The molecule has 0 atom stereocenters. The van der Waals surface area contributed by atoms with E-state index < -0.39 is 4.92 Å². The molecule has 1 aromatic rings. The Morgan fingerprint density at radius 3 is 3.00 bits per heavy atom. The number of carbonyl (C=O) groups is 1. The molecule has 6 heteroatoms. The second-order valence-corrected chi connectivity index (χ2v) is 3.02. The Labute approximate surface area is 97.7 Å². The fourth-order valence-electron chi connectivity index (χ4n) is 1.04. The van der Waals surface area contributed by atoms with Gasteiger partial charge in [-0.25, -0.2) is 0 Å². The number of ether oxygens (including phenoxy) is 1. The number of terminal acetylenes is 1. The zero-order chi connectivity index (χ0) is 12.7. The highest BCUT2D eigenvalue weighted by Crippen LogP contribution is 2.18. The maximum atomic E-state index is 11.1. The van der Waals surface area contributed by atoms with Gasteiger partial charge in [0.2, 0.25) is 0 Å². The van der Waals surface area contributed by atoms with E-state index in [4.69, 9.17) is 11.2 Å². The van der Waals surface area contributed by atoms with Gasteiger partial charge in [-0.15, -0.1) is 6.42 Å². The summed E-state index contributed by atoms with van der Waals surface area (Å²) in [4.78, 5) is 21.1. The number of hydrogen-bond acceptors (Lipinski definition) is 4. The molecule has 1 aromatic carbocycles. The summed E-state index contributed by atoms with van der Waals surface area (Å²) < 4.78 is 5.07. The minimum Gasteiger partial charge on any atom is -0.484 e. The second kappa shape index (κ2) is 6.12. The van der Waals surface area contributed by atoms with Crippen LogP contribution in [0, 0.1) is 22.5 Å². The van der Waals surface area contributed by atoms with Gasteiger partial charge >= 0.3 is 0 Å². The summed E-state index contributed by atoms with van der Waals surface area (Å²) >= 11 is 0. The van der Waals surface area contributed by atoms with Gasteiger partial charge in [-0.2, -0.15) is 0 Å². The number of hydrogen-bond donors (Lipinski definition) is 1. The lowest BCUT2D eigenvalue weighted by molar-refractivity contribution is -0.384. The molecule has 0 aliphatic rings. The van der Waals surface area contributed by atoms with Gasteiger partial charge in [0.1, 0.15) is 5.75 Å². The van der Waals surface area contributed by atoms with Crippen LogP contribution in [0.4, 0.5) is 5.69 Å². The standard InChI is InChI=1S/C11H10N2O4/c1-2-6-12-11(14)8-17-10-5-3-4-9(7-10)13(15)16/h1,3-5,7H,6,8H2,(H,12,14). The van der Waals surface area contributed by atoms with Gasteiger partial charge in [0.05, 0.1) is 17.5 Å². The van der Waals surface area contributed by atoms with Gasteiger partial charge in [0, 0.05) is 6.07 Å². The van der Waals surface area contributed by atoms with Gasteiger partial charge in [0.25, 0.3) is 11.6 Å². The van der Waals surface area contributed by atoms with Gasteiger partial charge in [-0.05, 0) is 6.07 Å². The van der Waals surface area contributed by atoms with Crippen molar-refractivity contribution in [1.29, 1.82) is 0 Å². The average Bonchev–Trinajstić information content (AvgIpc) is 2.34. The molecule has 0 fully saturated rings. The van der Waals surface area contributed by atoms with Crippen molar-refractivity contribution in [2.75, 3.05) is 13.2 Å². The highest BCUT2D eigenvalue weighted by molar-refractivity contribution is 5.77. The van der Waals surface area contributed by atoms with E-state index in [1.54, 1.807) is 0 Å². The van der Waals surface area contributed by atoms with Crippen LogP contribution in [0.3, 0.4) is 0 Å². The van der Waals surface area contributed by atoms with Crippen LogP contribution in [0.15, 0.2) is 24.3 Å². The molecule has 6 nitrogen and oxygen atoms in total. The number of rotatable bonds is 5. The smallest absolute Gasteiger partial charge is 0.273 e. The molecular formula is C11H10N2O4. The summed E-state index contributed by atoms with van der Waals surface area (Å²) in [5, 5.41) is 12.9. The van der Waals surface area contributed by atoms with Crippen molar-refractivity contribution in [2.24, 2.45) is 0 Å². The van der Waals surface area contributed by atoms with Crippen LogP contribution in [0.1, 0.15) is 0 Å². The van der Waals surface area contributed by atoms with Crippen LogP contribution in [0.2, 0.25) is 0 Å². The van der Waals surface area contributed by atoms with E-state index in [0.717, 1.165) is 0 Å². The number of non-ortho nitro benzene ring substituents is 1. The van der Waals surface area contributed by atoms with E-state index in [9.17, 15) is 14.9 Å². The summed E-state index contributed by atoms with van der Waals surface area (Å²) in [6.07, 6.45) is 4.96. The molecule has 0 aliphatic carbocycles. The second-order valence-electron chi connectivity index (χ2n) is 3.02. The lowest BCUT2D eigenvalue weighted by Crippen LogP contribution is -2.29. The third-order valence-corrected chi connectivity index (χ3v) is 1.79. The SMILES string of the molecule is C#CCNC(=O)COc1cccc([N+](=O)[O-])c1. The molecule has 1 amide bonds. The zero-order valence-corrected chi connectivity index (χ0v) is 8.88. The van der Waals surface area contributed by atoms with Crippen LogP contribution < -0.4 is 10.1 Å². The summed E-state index contributed by atoms with van der Waals surface area (Å²) in [6.45, 7) is -0.111. The number of benzene rings is 1. The number of nitro groups is 1. The fourth-order valence-corrected chi connectivity index (χ4v) is 1.04. The van der Waals surface area contributed by atoms with E-state index in [0.29, 0.717) is 0 Å². The zero-order valence-electron chi connectivity index (χ0n) is 8.88. The van der Waals surface area contributed by atoms with Crippen molar-refractivity contribution in [1.82, 2.24) is 5.32 Å². The number of amides is 1. The summed E-state index contributed by atoms with van der Waals surface area (Å²) in [5.74, 6) is 2.12. The maximum Gasteiger partial charge on any atom is 0.273 e. The number of carbonyl (C=O) groups excluding carboxylic acids is 1. The van der Waals surface area contributed by atoms with Crippen LogP contribution >= 0.6 is 0 Å². The minimum atomic E-state index is -0.536. The van der Waals surface area contributed by atoms with Crippen LogP contribution in [-0.2, 0) is 4.79 Å². The Bertz CT molecular complexity index is 465. The lowest BCUT2D eigenvalue weighted by Gasteiger charge is -2.05. The van der Waals surface area contributed by atoms with Crippen molar-refractivity contribution >= 4 is 11.6 Å². The number of nitro benzene ring substituents is 1. The van der Waals surface area contributed by atoms with Gasteiger partial charge in [-0.1, -0.05) is 12.0 Å². The van der Waals surface area contributed by atoms with Crippen molar-refractivity contribution in [3.63, 3.8) is 0 Å². The summed E-state index contributed by atoms with van der Waals surface area (Å²) in [5.41, 5.74) is -0.0912. The third-order valence-electron chi connectivity index (χ3n) is 1.79. The number of nitrogens with zero attached hydrogens (tertiary/aromatic N) is 1.